The van der Waals surface area contributed by atoms with Gasteiger partial charge in [-0.1, -0.05) is 13.3 Å². The third kappa shape index (κ3) is 1.64. The largest absolute Gasteiger partial charge is 0.261 e. The Hall–Kier alpha value is -0.920. The molecule has 0 N–H and O–H groups in total. The Bertz CT molecular complexity index is 411. The highest BCUT2D eigenvalue weighted by molar-refractivity contribution is 5.24. The molecular formula is C14H18FN. The number of halogens is 1. The molecule has 2 aliphatic rings. The quantitative estimate of drug-likeness (QED) is 0.699. The first kappa shape index (κ1) is 10.2. The molecule has 0 bridgehead atoms. The Morgan fingerprint density at radius 3 is 2.69 bits per heavy atom. The normalized spacial score (nSPS) is 31.6. The lowest BCUT2D eigenvalue weighted by Gasteiger charge is -2.39. The average molecular weight is 219 g/mol. The lowest BCUT2D eigenvalue weighted by Crippen LogP contribution is -2.31. The highest BCUT2D eigenvalue weighted by Gasteiger charge is 2.50. The predicted octanol–water partition coefficient (Wildman–Crippen LogP) is 3.83. The number of nitrogens with zero attached hydrogens (tertiary/aromatic N) is 1. The molecule has 1 spiro atoms. The zero-order valence-corrected chi connectivity index (χ0v) is 9.80. The molecule has 1 aromatic rings. The number of rotatable bonds is 1. The topological polar surface area (TPSA) is 12.9 Å². The van der Waals surface area contributed by atoms with Gasteiger partial charge in [-0.25, -0.2) is 4.39 Å². The summed E-state index contributed by atoms with van der Waals surface area (Å²) < 4.78 is 13.2. The molecule has 1 unspecified atom stereocenters. The first-order valence-electron chi connectivity index (χ1n) is 6.23. The molecule has 2 fully saturated rings. The van der Waals surface area contributed by atoms with Crippen molar-refractivity contribution in [2.24, 2.45) is 5.41 Å². The van der Waals surface area contributed by atoms with E-state index in [1.54, 1.807) is 6.07 Å². The molecule has 0 aromatic carbocycles. The average Bonchev–Trinajstić information content (AvgIpc) is 2.97. The van der Waals surface area contributed by atoms with Crippen molar-refractivity contribution in [3.05, 3.63) is 29.8 Å². The maximum atomic E-state index is 13.2. The summed E-state index contributed by atoms with van der Waals surface area (Å²) in [6, 6.07) is 1.68. The maximum Gasteiger partial charge on any atom is 0.141 e. The van der Waals surface area contributed by atoms with Gasteiger partial charge in [0, 0.05) is 6.20 Å². The van der Waals surface area contributed by atoms with Crippen molar-refractivity contribution >= 4 is 0 Å². The SMILES string of the molecule is CC1(c2cncc(F)c2)CCCC2(CC2)C1. The second-order valence-electron chi connectivity index (χ2n) is 5.98. The second kappa shape index (κ2) is 3.28. The van der Waals surface area contributed by atoms with E-state index in [4.69, 9.17) is 0 Å². The third-order valence-electron chi connectivity index (χ3n) is 4.56. The molecule has 0 saturated heterocycles. The van der Waals surface area contributed by atoms with Crippen molar-refractivity contribution in [3.8, 4) is 0 Å². The Morgan fingerprint density at radius 2 is 2.00 bits per heavy atom. The standard InChI is InChI=1S/C14H18FN/c1-13(11-7-12(15)9-16-8-11)3-2-4-14(10-13)5-6-14/h7-9H,2-6,10H2,1H3. The van der Waals surface area contributed by atoms with Gasteiger partial charge in [-0.05, 0) is 54.6 Å². The maximum absolute atomic E-state index is 13.2. The van der Waals surface area contributed by atoms with Gasteiger partial charge in [-0.15, -0.1) is 0 Å². The molecular weight excluding hydrogens is 201 g/mol. The highest BCUT2D eigenvalue weighted by Crippen LogP contribution is 2.61. The molecule has 2 saturated carbocycles. The van der Waals surface area contributed by atoms with E-state index in [1.165, 1.54) is 44.7 Å². The fraction of sp³-hybridized carbons (Fsp3) is 0.643. The number of aromatic nitrogens is 1. The van der Waals surface area contributed by atoms with Gasteiger partial charge in [0.05, 0.1) is 6.20 Å². The van der Waals surface area contributed by atoms with Crippen LogP contribution in [0.25, 0.3) is 0 Å². The molecule has 86 valence electrons. The van der Waals surface area contributed by atoms with Crippen molar-refractivity contribution in [3.63, 3.8) is 0 Å². The van der Waals surface area contributed by atoms with Crippen molar-refractivity contribution in [1.29, 1.82) is 0 Å². The van der Waals surface area contributed by atoms with E-state index >= 15 is 0 Å². The summed E-state index contributed by atoms with van der Waals surface area (Å²) in [5, 5.41) is 0. The van der Waals surface area contributed by atoms with Crippen molar-refractivity contribution in [2.45, 2.75) is 50.9 Å². The molecule has 1 nitrogen and oxygen atoms in total. The van der Waals surface area contributed by atoms with Gasteiger partial charge in [0.15, 0.2) is 0 Å². The molecule has 1 atom stereocenters. The summed E-state index contributed by atoms with van der Waals surface area (Å²) in [6.45, 7) is 2.28. The fourth-order valence-corrected chi connectivity index (χ4v) is 3.45. The minimum atomic E-state index is -0.200. The Morgan fingerprint density at radius 1 is 1.19 bits per heavy atom. The summed E-state index contributed by atoms with van der Waals surface area (Å²) in [5.41, 5.74) is 1.86. The minimum absolute atomic E-state index is 0.157. The van der Waals surface area contributed by atoms with Crippen LogP contribution in [0.15, 0.2) is 18.5 Å². The van der Waals surface area contributed by atoms with Crippen LogP contribution >= 0.6 is 0 Å². The number of pyridine rings is 1. The Labute approximate surface area is 96.1 Å². The molecule has 2 aliphatic carbocycles. The Kier molecular flexibility index (Phi) is 2.10. The summed E-state index contributed by atoms with van der Waals surface area (Å²) in [6.07, 6.45) is 11.0. The van der Waals surface area contributed by atoms with Crippen LogP contribution in [0.1, 0.15) is 51.0 Å². The lowest BCUT2D eigenvalue weighted by atomic mass is 9.66. The van der Waals surface area contributed by atoms with E-state index in [1.807, 2.05) is 6.20 Å². The van der Waals surface area contributed by atoms with E-state index in [2.05, 4.69) is 11.9 Å². The zero-order valence-electron chi connectivity index (χ0n) is 9.80. The number of hydrogen-bond acceptors (Lipinski definition) is 1. The summed E-state index contributed by atoms with van der Waals surface area (Å²) in [7, 11) is 0. The number of hydrogen-bond donors (Lipinski definition) is 0. The van der Waals surface area contributed by atoms with E-state index in [-0.39, 0.29) is 11.2 Å². The molecule has 0 aliphatic heterocycles. The smallest absolute Gasteiger partial charge is 0.141 e. The van der Waals surface area contributed by atoms with Crippen LogP contribution in [0, 0.1) is 11.2 Å². The van der Waals surface area contributed by atoms with Gasteiger partial charge in [-0.2, -0.15) is 0 Å². The summed E-state index contributed by atoms with van der Waals surface area (Å²) in [4.78, 5) is 4.00. The highest BCUT2D eigenvalue weighted by atomic mass is 19.1. The van der Waals surface area contributed by atoms with Gasteiger partial charge in [0.25, 0.3) is 0 Å². The van der Waals surface area contributed by atoms with Gasteiger partial charge < -0.3 is 0 Å². The van der Waals surface area contributed by atoms with Gasteiger partial charge in [0.1, 0.15) is 5.82 Å². The fourth-order valence-electron chi connectivity index (χ4n) is 3.45. The zero-order chi connectivity index (χ0) is 11.2. The van der Waals surface area contributed by atoms with E-state index < -0.39 is 0 Å². The van der Waals surface area contributed by atoms with Crippen LogP contribution in [-0.2, 0) is 5.41 Å². The van der Waals surface area contributed by atoms with Crippen LogP contribution in [0.4, 0.5) is 4.39 Å². The molecule has 1 heterocycles. The van der Waals surface area contributed by atoms with Crippen LogP contribution in [0.2, 0.25) is 0 Å². The van der Waals surface area contributed by atoms with E-state index in [0.29, 0.717) is 5.41 Å². The van der Waals surface area contributed by atoms with Crippen LogP contribution in [-0.4, -0.2) is 4.98 Å². The molecule has 2 heteroatoms. The monoisotopic (exact) mass is 219 g/mol. The summed E-state index contributed by atoms with van der Waals surface area (Å²) in [5.74, 6) is -0.200. The van der Waals surface area contributed by atoms with E-state index in [0.717, 1.165) is 5.56 Å². The van der Waals surface area contributed by atoms with Gasteiger partial charge in [-0.3, -0.25) is 4.98 Å². The van der Waals surface area contributed by atoms with Crippen molar-refractivity contribution in [1.82, 2.24) is 4.98 Å². The van der Waals surface area contributed by atoms with Crippen LogP contribution < -0.4 is 0 Å². The molecule has 0 radical (unpaired) electrons. The first-order valence-corrected chi connectivity index (χ1v) is 6.23. The summed E-state index contributed by atoms with van der Waals surface area (Å²) >= 11 is 0. The van der Waals surface area contributed by atoms with Gasteiger partial charge in [0.2, 0.25) is 0 Å². The molecule has 0 amide bonds. The van der Waals surface area contributed by atoms with E-state index in [9.17, 15) is 4.39 Å². The third-order valence-corrected chi connectivity index (χ3v) is 4.56. The lowest BCUT2D eigenvalue weighted by molar-refractivity contribution is 0.219. The molecule has 3 rings (SSSR count). The minimum Gasteiger partial charge on any atom is -0.261 e. The van der Waals surface area contributed by atoms with Crippen molar-refractivity contribution < 1.29 is 4.39 Å². The first-order chi connectivity index (χ1) is 7.62. The predicted molar refractivity (Wildman–Crippen MR) is 61.7 cm³/mol. The molecule has 16 heavy (non-hydrogen) atoms. The van der Waals surface area contributed by atoms with Gasteiger partial charge >= 0.3 is 0 Å². The second-order valence-corrected chi connectivity index (χ2v) is 5.98. The van der Waals surface area contributed by atoms with Crippen LogP contribution in [0.3, 0.4) is 0 Å². The van der Waals surface area contributed by atoms with Crippen LogP contribution in [0.5, 0.6) is 0 Å². The van der Waals surface area contributed by atoms with Crippen molar-refractivity contribution in [2.75, 3.05) is 0 Å². The Balaban J connectivity index is 1.92. The molecule has 1 aromatic heterocycles.